The van der Waals surface area contributed by atoms with Gasteiger partial charge in [-0.15, -0.1) is 0 Å². The van der Waals surface area contributed by atoms with Crippen LogP contribution in [0.4, 0.5) is 0 Å². The first kappa shape index (κ1) is 41.2. The van der Waals surface area contributed by atoms with Gasteiger partial charge in [0.1, 0.15) is 11.6 Å². The molecule has 1 saturated carbocycles. The Hall–Kier alpha value is -5.52. The van der Waals surface area contributed by atoms with E-state index >= 15 is 0 Å². The van der Waals surface area contributed by atoms with Crippen molar-refractivity contribution < 1.29 is 4.74 Å². The minimum atomic E-state index is 0.331. The van der Waals surface area contributed by atoms with Crippen LogP contribution in [0.1, 0.15) is 150 Å². The molecule has 5 nitrogen and oxygen atoms in total. The molecule has 0 spiro atoms. The molecule has 0 radical (unpaired) electrons. The Morgan fingerprint density at radius 3 is 1.38 bits per heavy atom. The molecule has 308 valence electrons. The van der Waals surface area contributed by atoms with Gasteiger partial charge < -0.3 is 4.74 Å². The van der Waals surface area contributed by atoms with Gasteiger partial charge in [0.05, 0.1) is 24.6 Å². The predicted octanol–water partition coefficient (Wildman–Crippen LogP) is 14.9. The van der Waals surface area contributed by atoms with E-state index in [0.29, 0.717) is 42.8 Å². The molecule has 8 rings (SSSR count). The van der Waals surface area contributed by atoms with Gasteiger partial charge in [0.25, 0.3) is 0 Å². The topological polar surface area (TPSA) is 44.9 Å². The summed E-state index contributed by atoms with van der Waals surface area (Å²) in [5.41, 5.74) is 16.4. The van der Waals surface area contributed by atoms with Crippen LogP contribution in [0.5, 0.6) is 0 Å². The Morgan fingerprint density at radius 1 is 0.500 bits per heavy atom. The molecule has 0 aliphatic heterocycles. The highest BCUT2D eigenvalue weighted by molar-refractivity contribution is 5.72. The lowest BCUT2D eigenvalue weighted by Crippen LogP contribution is -2.10. The van der Waals surface area contributed by atoms with Gasteiger partial charge in [-0.1, -0.05) is 147 Å². The lowest BCUT2D eigenvalue weighted by atomic mass is 9.86. The van der Waals surface area contributed by atoms with Crippen molar-refractivity contribution in [2.24, 2.45) is 0 Å². The van der Waals surface area contributed by atoms with Crippen molar-refractivity contribution in [2.75, 3.05) is 0 Å². The predicted molar refractivity (Wildman–Crippen MR) is 249 cm³/mol. The van der Waals surface area contributed by atoms with E-state index in [-0.39, 0.29) is 0 Å². The molecule has 1 fully saturated rings. The average molecular weight is 795 g/mol. The number of nitrogens with zero attached hydrogens (tertiary/aromatic N) is 4. The molecular weight excluding hydrogens is 733 g/mol. The van der Waals surface area contributed by atoms with Crippen LogP contribution in [0, 0.1) is 0 Å². The Kier molecular flexibility index (Phi) is 12.4. The van der Waals surface area contributed by atoms with Crippen molar-refractivity contribution in [3.05, 3.63) is 167 Å². The summed E-state index contributed by atoms with van der Waals surface area (Å²) in [6.45, 7) is 19.5. The molecule has 0 bridgehead atoms. The first-order chi connectivity index (χ1) is 29.1. The zero-order valence-corrected chi connectivity index (χ0v) is 37.0. The minimum absolute atomic E-state index is 0.331. The van der Waals surface area contributed by atoms with Crippen molar-refractivity contribution in [1.29, 1.82) is 0 Å². The number of benzene rings is 5. The lowest BCUT2D eigenvalue weighted by Gasteiger charge is -2.25. The van der Waals surface area contributed by atoms with Crippen LogP contribution >= 0.6 is 0 Å². The number of imidazole rings is 2. The van der Waals surface area contributed by atoms with Gasteiger partial charge in [-0.3, -0.25) is 9.13 Å². The highest BCUT2D eigenvalue weighted by Gasteiger charge is 2.25. The number of hydrogen-bond acceptors (Lipinski definition) is 3. The van der Waals surface area contributed by atoms with Crippen LogP contribution < -0.4 is 0 Å². The molecule has 0 amide bonds. The van der Waals surface area contributed by atoms with Crippen molar-refractivity contribution >= 4 is 0 Å². The maximum absolute atomic E-state index is 6.45. The molecule has 5 heteroatoms. The first-order valence-corrected chi connectivity index (χ1v) is 22.3. The summed E-state index contributed by atoms with van der Waals surface area (Å²) in [5, 5.41) is 0. The maximum Gasteiger partial charge on any atom is 0.144 e. The molecule has 2 heterocycles. The Balaban J connectivity index is 1.03. The molecule has 60 heavy (non-hydrogen) atoms. The Labute approximate surface area is 358 Å². The summed E-state index contributed by atoms with van der Waals surface area (Å²) >= 11 is 0. The summed E-state index contributed by atoms with van der Waals surface area (Å²) in [5.74, 6) is 4.04. The standard InChI is InChI=1S/C55H62N4O/c1-36(2)48-30-46(42-18-10-9-11-19-42)31-49(37(3)4)52(48)58-26-24-56-54(58)44-22-14-16-40(28-44)34-60-35-41-17-15-23-45(29-41)55-57-25-27-59(55)53-50(38(5)6)32-47(33-51(53)39(7)8)43-20-12-13-21-43/h9-11,14-19,22-33,36-39,43H,12-13,20-21,34-35H2,1-8H3. The summed E-state index contributed by atoms with van der Waals surface area (Å²) in [4.78, 5) is 9.90. The summed E-state index contributed by atoms with van der Waals surface area (Å²) in [7, 11) is 0. The van der Waals surface area contributed by atoms with Crippen LogP contribution in [0.2, 0.25) is 0 Å². The first-order valence-electron chi connectivity index (χ1n) is 22.3. The monoisotopic (exact) mass is 794 g/mol. The third kappa shape index (κ3) is 8.56. The van der Waals surface area contributed by atoms with Gasteiger partial charge in [-0.25, -0.2) is 9.97 Å². The largest absolute Gasteiger partial charge is 0.372 e. The van der Waals surface area contributed by atoms with Crippen molar-refractivity contribution in [3.63, 3.8) is 0 Å². The van der Waals surface area contributed by atoms with Crippen molar-refractivity contribution in [1.82, 2.24) is 19.1 Å². The summed E-state index contributed by atoms with van der Waals surface area (Å²) in [6.07, 6.45) is 13.4. The SMILES string of the molecule is CC(C)c1cc(-c2ccccc2)cc(C(C)C)c1-n1ccnc1-c1cccc(COCc2cccc(-c3nccn3-c3c(C(C)C)cc(C4CCCC4)cc3C(C)C)c2)c1. The second kappa shape index (κ2) is 18.0. The zero-order chi connectivity index (χ0) is 41.9. The van der Waals surface area contributed by atoms with E-state index in [1.807, 2.05) is 12.4 Å². The summed E-state index contributed by atoms with van der Waals surface area (Å²) in [6, 6.07) is 37.8. The van der Waals surface area contributed by atoms with Crippen LogP contribution in [0.25, 0.3) is 45.3 Å². The van der Waals surface area contributed by atoms with E-state index in [0.717, 1.165) is 33.9 Å². The second-order valence-electron chi connectivity index (χ2n) is 18.2. The van der Waals surface area contributed by atoms with Gasteiger partial charge in [0, 0.05) is 35.9 Å². The molecular formula is C55H62N4O. The fourth-order valence-electron chi connectivity index (χ4n) is 9.28. The molecule has 1 aliphatic rings. The summed E-state index contributed by atoms with van der Waals surface area (Å²) < 4.78 is 11.1. The number of rotatable bonds is 14. The molecule has 0 saturated heterocycles. The zero-order valence-electron chi connectivity index (χ0n) is 37.0. The van der Waals surface area contributed by atoms with Gasteiger partial charge in [-0.05, 0) is 117 Å². The van der Waals surface area contributed by atoms with Gasteiger partial charge in [-0.2, -0.15) is 0 Å². The molecule has 2 aromatic heterocycles. The third-order valence-corrected chi connectivity index (χ3v) is 12.5. The van der Waals surface area contributed by atoms with Crippen LogP contribution in [-0.2, 0) is 18.0 Å². The van der Waals surface area contributed by atoms with Crippen LogP contribution in [0.15, 0.2) is 128 Å². The highest BCUT2D eigenvalue weighted by Crippen LogP contribution is 2.42. The molecule has 5 aromatic carbocycles. The molecule has 0 unspecified atom stereocenters. The molecule has 0 N–H and O–H groups in total. The van der Waals surface area contributed by atoms with E-state index in [2.05, 4.69) is 180 Å². The fourth-order valence-corrected chi connectivity index (χ4v) is 9.28. The van der Waals surface area contributed by atoms with Crippen molar-refractivity contribution in [2.45, 2.75) is 124 Å². The van der Waals surface area contributed by atoms with E-state index in [9.17, 15) is 0 Å². The van der Waals surface area contributed by atoms with Gasteiger partial charge in [0.15, 0.2) is 0 Å². The average Bonchev–Trinajstić information content (AvgIpc) is 4.07. The quantitative estimate of drug-likeness (QED) is 0.110. The van der Waals surface area contributed by atoms with Crippen LogP contribution in [0.3, 0.4) is 0 Å². The van der Waals surface area contributed by atoms with E-state index in [1.54, 1.807) is 0 Å². The van der Waals surface area contributed by atoms with E-state index in [1.165, 1.54) is 76.0 Å². The van der Waals surface area contributed by atoms with Crippen LogP contribution in [-0.4, -0.2) is 19.1 Å². The molecule has 7 aromatic rings. The van der Waals surface area contributed by atoms with E-state index in [4.69, 9.17) is 14.7 Å². The minimum Gasteiger partial charge on any atom is -0.372 e. The smallest absolute Gasteiger partial charge is 0.144 e. The Bertz CT molecular complexity index is 2490. The maximum atomic E-state index is 6.45. The number of aromatic nitrogens is 4. The lowest BCUT2D eigenvalue weighted by molar-refractivity contribution is 0.107. The fraction of sp³-hybridized carbons (Fsp3) is 0.345. The number of ether oxygens (including phenoxy) is 1. The molecule has 0 atom stereocenters. The van der Waals surface area contributed by atoms with E-state index < -0.39 is 0 Å². The van der Waals surface area contributed by atoms with Gasteiger partial charge in [0.2, 0.25) is 0 Å². The van der Waals surface area contributed by atoms with Gasteiger partial charge >= 0.3 is 0 Å². The Morgan fingerprint density at radius 2 is 0.933 bits per heavy atom. The molecule has 1 aliphatic carbocycles. The highest BCUT2D eigenvalue weighted by atomic mass is 16.5. The number of hydrogen-bond donors (Lipinski definition) is 0. The normalized spacial score (nSPS) is 13.5. The second-order valence-corrected chi connectivity index (χ2v) is 18.2. The third-order valence-electron chi connectivity index (χ3n) is 12.5. The van der Waals surface area contributed by atoms with Crippen molar-refractivity contribution in [3.8, 4) is 45.3 Å².